The highest BCUT2D eigenvalue weighted by Gasteiger charge is 2.14. The molecule has 0 aliphatic carbocycles. The van der Waals surface area contributed by atoms with Crippen molar-refractivity contribution in [3.63, 3.8) is 0 Å². The topological polar surface area (TPSA) is 110 Å². The Morgan fingerprint density at radius 1 is 1.39 bits per heavy atom. The standard InChI is InChI=1S/C15H18N4O4/c1-10(2)14(20)8-16-15(21)11-7-17-18(9-11)12-3-5-13(6-4-12)19(22)23/h3-7,9-10,14,20H,8H2,1-2H3,(H,16,21). The van der Waals surface area contributed by atoms with E-state index in [-0.39, 0.29) is 24.1 Å². The van der Waals surface area contributed by atoms with E-state index in [9.17, 15) is 20.0 Å². The number of rotatable bonds is 6. The van der Waals surface area contributed by atoms with Crippen molar-refractivity contribution in [2.75, 3.05) is 6.54 Å². The largest absolute Gasteiger partial charge is 0.391 e. The number of aliphatic hydroxyl groups is 1. The summed E-state index contributed by atoms with van der Waals surface area (Å²) < 4.78 is 1.46. The summed E-state index contributed by atoms with van der Waals surface area (Å²) in [7, 11) is 0. The highest BCUT2D eigenvalue weighted by molar-refractivity contribution is 5.93. The third kappa shape index (κ3) is 4.13. The Balaban J connectivity index is 2.05. The number of nitro groups is 1. The van der Waals surface area contributed by atoms with Crippen LogP contribution in [0.25, 0.3) is 5.69 Å². The van der Waals surface area contributed by atoms with E-state index in [2.05, 4.69) is 10.4 Å². The third-order valence-electron chi connectivity index (χ3n) is 3.41. The van der Waals surface area contributed by atoms with Crippen LogP contribution in [-0.2, 0) is 0 Å². The first kappa shape index (κ1) is 16.6. The van der Waals surface area contributed by atoms with E-state index in [1.54, 1.807) is 12.1 Å². The summed E-state index contributed by atoms with van der Waals surface area (Å²) in [5.41, 5.74) is 0.942. The van der Waals surface area contributed by atoms with E-state index in [0.29, 0.717) is 11.3 Å². The van der Waals surface area contributed by atoms with Gasteiger partial charge in [-0.15, -0.1) is 0 Å². The smallest absolute Gasteiger partial charge is 0.269 e. The Bertz CT molecular complexity index is 694. The molecule has 8 heteroatoms. The number of non-ortho nitro benzene ring substituents is 1. The Labute approximate surface area is 132 Å². The van der Waals surface area contributed by atoms with Gasteiger partial charge in [0.05, 0.1) is 28.5 Å². The average molecular weight is 318 g/mol. The van der Waals surface area contributed by atoms with Gasteiger partial charge in [-0.25, -0.2) is 4.68 Å². The summed E-state index contributed by atoms with van der Waals surface area (Å²) in [4.78, 5) is 22.1. The van der Waals surface area contributed by atoms with Gasteiger partial charge >= 0.3 is 0 Å². The van der Waals surface area contributed by atoms with Crippen molar-refractivity contribution in [2.24, 2.45) is 5.92 Å². The summed E-state index contributed by atoms with van der Waals surface area (Å²) >= 11 is 0. The molecule has 0 bridgehead atoms. The number of carbonyl (C=O) groups excluding carboxylic acids is 1. The number of carbonyl (C=O) groups is 1. The predicted octanol–water partition coefficient (Wildman–Crippen LogP) is 1.53. The van der Waals surface area contributed by atoms with Gasteiger partial charge in [0.25, 0.3) is 11.6 Å². The predicted molar refractivity (Wildman–Crippen MR) is 83.4 cm³/mol. The minimum atomic E-state index is -0.608. The minimum absolute atomic E-state index is 0.0125. The molecule has 0 radical (unpaired) electrons. The first-order valence-electron chi connectivity index (χ1n) is 7.14. The molecule has 2 N–H and O–H groups in total. The first-order chi connectivity index (χ1) is 10.9. The van der Waals surface area contributed by atoms with Gasteiger partial charge in [0.2, 0.25) is 0 Å². The maximum absolute atomic E-state index is 12.0. The minimum Gasteiger partial charge on any atom is -0.391 e. The van der Waals surface area contributed by atoms with Gasteiger partial charge in [-0.1, -0.05) is 13.8 Å². The third-order valence-corrected chi connectivity index (χ3v) is 3.41. The number of nitrogens with one attached hydrogen (secondary N) is 1. The Morgan fingerprint density at radius 2 is 2.04 bits per heavy atom. The van der Waals surface area contributed by atoms with Crippen LogP contribution in [0, 0.1) is 16.0 Å². The van der Waals surface area contributed by atoms with Crippen LogP contribution < -0.4 is 5.32 Å². The van der Waals surface area contributed by atoms with Crippen LogP contribution in [0.15, 0.2) is 36.7 Å². The molecule has 1 aromatic heterocycles. The molecule has 0 spiro atoms. The summed E-state index contributed by atoms with van der Waals surface area (Å²) in [6.07, 6.45) is 2.32. The number of hydrogen-bond donors (Lipinski definition) is 2. The second-order valence-corrected chi connectivity index (χ2v) is 5.47. The second-order valence-electron chi connectivity index (χ2n) is 5.47. The van der Waals surface area contributed by atoms with Crippen LogP contribution in [0.4, 0.5) is 5.69 Å². The number of hydrogen-bond acceptors (Lipinski definition) is 5. The van der Waals surface area contributed by atoms with Gasteiger partial charge in [0.15, 0.2) is 0 Å². The molecule has 1 unspecified atom stereocenters. The SMILES string of the molecule is CC(C)C(O)CNC(=O)c1cnn(-c2ccc([N+](=O)[O-])cc2)c1. The van der Waals surface area contributed by atoms with Crippen LogP contribution in [0.1, 0.15) is 24.2 Å². The molecule has 0 fully saturated rings. The van der Waals surface area contributed by atoms with Gasteiger partial charge in [0.1, 0.15) is 0 Å². The molecule has 2 aromatic rings. The van der Waals surface area contributed by atoms with E-state index in [1.165, 1.54) is 29.2 Å². The van der Waals surface area contributed by atoms with E-state index < -0.39 is 11.0 Å². The number of aliphatic hydroxyl groups excluding tert-OH is 1. The fourth-order valence-electron chi connectivity index (χ4n) is 1.84. The van der Waals surface area contributed by atoms with E-state index in [0.717, 1.165) is 0 Å². The monoisotopic (exact) mass is 318 g/mol. The maximum atomic E-state index is 12.0. The van der Waals surface area contributed by atoms with Gasteiger partial charge in [-0.2, -0.15) is 5.10 Å². The summed E-state index contributed by atoms with van der Waals surface area (Å²) in [6, 6.07) is 5.84. The van der Waals surface area contributed by atoms with Crippen molar-refractivity contribution in [2.45, 2.75) is 20.0 Å². The fraction of sp³-hybridized carbons (Fsp3) is 0.333. The van der Waals surface area contributed by atoms with E-state index in [4.69, 9.17) is 0 Å². The van der Waals surface area contributed by atoms with Crippen molar-refractivity contribution in [1.82, 2.24) is 15.1 Å². The quantitative estimate of drug-likeness (QED) is 0.620. The maximum Gasteiger partial charge on any atom is 0.269 e. The van der Waals surface area contributed by atoms with Crippen molar-refractivity contribution >= 4 is 11.6 Å². The molecular formula is C15H18N4O4. The molecule has 1 atom stereocenters. The molecule has 23 heavy (non-hydrogen) atoms. The normalized spacial score (nSPS) is 12.2. The zero-order valence-corrected chi connectivity index (χ0v) is 12.8. The van der Waals surface area contributed by atoms with Gasteiger partial charge in [-0.3, -0.25) is 14.9 Å². The van der Waals surface area contributed by atoms with Crippen molar-refractivity contribution in [3.8, 4) is 5.69 Å². The van der Waals surface area contributed by atoms with Crippen LogP contribution in [0.2, 0.25) is 0 Å². The average Bonchev–Trinajstić information content (AvgIpc) is 3.02. The molecule has 1 aromatic carbocycles. The number of nitro benzene ring substituents is 1. The lowest BCUT2D eigenvalue weighted by atomic mass is 10.1. The lowest BCUT2D eigenvalue weighted by Gasteiger charge is -2.14. The molecule has 2 rings (SSSR count). The number of benzene rings is 1. The summed E-state index contributed by atoms with van der Waals surface area (Å²) in [5.74, 6) is -0.281. The highest BCUT2D eigenvalue weighted by Crippen LogP contribution is 2.15. The zero-order valence-electron chi connectivity index (χ0n) is 12.8. The van der Waals surface area contributed by atoms with Crippen molar-refractivity contribution in [3.05, 3.63) is 52.3 Å². The summed E-state index contributed by atoms with van der Waals surface area (Å²) in [6.45, 7) is 3.89. The molecule has 0 aliphatic heterocycles. The van der Waals surface area contributed by atoms with Crippen molar-refractivity contribution in [1.29, 1.82) is 0 Å². The Hall–Kier alpha value is -2.74. The lowest BCUT2D eigenvalue weighted by molar-refractivity contribution is -0.384. The van der Waals surface area contributed by atoms with Gasteiger partial charge in [-0.05, 0) is 18.1 Å². The molecule has 0 saturated heterocycles. The zero-order chi connectivity index (χ0) is 17.0. The van der Waals surface area contributed by atoms with Gasteiger partial charge in [0, 0.05) is 24.9 Å². The van der Waals surface area contributed by atoms with Crippen LogP contribution in [0.3, 0.4) is 0 Å². The van der Waals surface area contributed by atoms with Crippen LogP contribution >= 0.6 is 0 Å². The van der Waals surface area contributed by atoms with Gasteiger partial charge < -0.3 is 10.4 Å². The van der Waals surface area contributed by atoms with Crippen LogP contribution in [-0.4, -0.2) is 38.4 Å². The molecule has 0 saturated carbocycles. The number of aromatic nitrogens is 2. The molecule has 122 valence electrons. The molecule has 0 aliphatic rings. The fourth-order valence-corrected chi connectivity index (χ4v) is 1.84. The van der Waals surface area contributed by atoms with Crippen molar-refractivity contribution < 1.29 is 14.8 Å². The molecule has 8 nitrogen and oxygen atoms in total. The Morgan fingerprint density at radius 3 is 2.61 bits per heavy atom. The van der Waals surface area contributed by atoms with E-state index in [1.807, 2.05) is 13.8 Å². The first-order valence-corrected chi connectivity index (χ1v) is 7.14. The van der Waals surface area contributed by atoms with Crippen LogP contribution in [0.5, 0.6) is 0 Å². The molecule has 1 heterocycles. The lowest BCUT2D eigenvalue weighted by Crippen LogP contribution is -2.34. The number of nitrogens with zero attached hydrogens (tertiary/aromatic N) is 3. The summed E-state index contributed by atoms with van der Waals surface area (Å²) in [5, 5.41) is 27.0. The number of amides is 1. The molecular weight excluding hydrogens is 300 g/mol. The van der Waals surface area contributed by atoms with E-state index >= 15 is 0 Å². The molecule has 1 amide bonds. The highest BCUT2D eigenvalue weighted by atomic mass is 16.6. The second kappa shape index (κ2) is 7.01. The Kier molecular flexibility index (Phi) is 5.07.